The number of aromatic nitrogens is 1. The fourth-order valence-corrected chi connectivity index (χ4v) is 3.44. The number of nitrogens with zero attached hydrogens (tertiary/aromatic N) is 1. The zero-order valence-electron chi connectivity index (χ0n) is 11.0. The molecule has 0 aliphatic heterocycles. The topological polar surface area (TPSA) is 45.1 Å². The third-order valence-electron chi connectivity index (χ3n) is 3.72. The Morgan fingerprint density at radius 3 is 3.16 bits per heavy atom. The number of aryl methyl sites for hydroxylation is 1. The molecule has 0 spiro atoms. The highest BCUT2D eigenvalue weighted by atomic mass is 32.1. The van der Waals surface area contributed by atoms with Crippen molar-refractivity contribution in [3.63, 3.8) is 0 Å². The number of hydrogen-bond acceptors (Lipinski definition) is 4. The van der Waals surface area contributed by atoms with Crippen LogP contribution in [0.1, 0.15) is 48.0 Å². The van der Waals surface area contributed by atoms with Crippen molar-refractivity contribution in [1.82, 2.24) is 10.3 Å². The number of hydrogen-bond donors (Lipinski definition) is 2. The predicted octanol–water partition coefficient (Wildman–Crippen LogP) is 3.58. The van der Waals surface area contributed by atoms with E-state index in [1.807, 2.05) is 23.7 Å². The number of thiazole rings is 1. The van der Waals surface area contributed by atoms with Gasteiger partial charge in [0.1, 0.15) is 10.8 Å². The summed E-state index contributed by atoms with van der Waals surface area (Å²) in [6, 6.07) is 6.30. The first-order chi connectivity index (χ1) is 9.24. The van der Waals surface area contributed by atoms with Gasteiger partial charge in [-0.15, -0.1) is 11.3 Å². The summed E-state index contributed by atoms with van der Waals surface area (Å²) in [7, 11) is 0. The van der Waals surface area contributed by atoms with E-state index >= 15 is 0 Å². The highest BCUT2D eigenvalue weighted by molar-refractivity contribution is 7.09. The lowest BCUT2D eigenvalue weighted by molar-refractivity contribution is 0.410. The molecule has 1 aliphatic carbocycles. The maximum absolute atomic E-state index is 9.69. The molecular formula is C15H18N2OS. The monoisotopic (exact) mass is 274 g/mol. The SMILES string of the molecule is CC(NC1CCCc2ccc(O)cc21)c1nccs1. The van der Waals surface area contributed by atoms with Gasteiger partial charge in [0, 0.05) is 17.6 Å². The molecule has 1 aliphatic rings. The third kappa shape index (κ3) is 2.65. The van der Waals surface area contributed by atoms with Crippen molar-refractivity contribution in [2.75, 3.05) is 0 Å². The maximum atomic E-state index is 9.69. The molecule has 3 rings (SSSR count). The van der Waals surface area contributed by atoms with E-state index in [0.29, 0.717) is 11.8 Å². The van der Waals surface area contributed by atoms with E-state index in [0.717, 1.165) is 17.8 Å². The standard InChI is InChI=1S/C15H18N2OS/c1-10(15-16-7-8-19-15)17-14-4-2-3-11-5-6-12(18)9-13(11)14/h5-10,14,17-18H,2-4H2,1H3. The fraction of sp³-hybridized carbons (Fsp3) is 0.400. The molecule has 0 saturated heterocycles. The Bertz CT molecular complexity index is 553. The number of fused-ring (bicyclic) bond motifs is 1. The smallest absolute Gasteiger partial charge is 0.115 e. The van der Waals surface area contributed by atoms with Gasteiger partial charge in [-0.2, -0.15) is 0 Å². The first-order valence-electron chi connectivity index (χ1n) is 6.71. The van der Waals surface area contributed by atoms with Crippen LogP contribution in [-0.4, -0.2) is 10.1 Å². The van der Waals surface area contributed by atoms with Crippen molar-refractivity contribution >= 4 is 11.3 Å². The summed E-state index contributed by atoms with van der Waals surface area (Å²) in [4.78, 5) is 4.36. The average molecular weight is 274 g/mol. The van der Waals surface area contributed by atoms with Gasteiger partial charge in [-0.25, -0.2) is 4.98 Å². The average Bonchev–Trinajstić information content (AvgIpc) is 2.93. The molecule has 2 unspecified atom stereocenters. The van der Waals surface area contributed by atoms with Crippen LogP contribution < -0.4 is 5.32 Å². The molecule has 19 heavy (non-hydrogen) atoms. The van der Waals surface area contributed by atoms with E-state index in [2.05, 4.69) is 17.2 Å². The van der Waals surface area contributed by atoms with E-state index in [1.165, 1.54) is 17.5 Å². The van der Waals surface area contributed by atoms with E-state index in [9.17, 15) is 5.11 Å². The van der Waals surface area contributed by atoms with Crippen LogP contribution in [-0.2, 0) is 6.42 Å². The van der Waals surface area contributed by atoms with Gasteiger partial charge in [-0.3, -0.25) is 0 Å². The Morgan fingerprint density at radius 2 is 2.37 bits per heavy atom. The predicted molar refractivity (Wildman–Crippen MR) is 77.5 cm³/mol. The van der Waals surface area contributed by atoms with E-state index in [-0.39, 0.29) is 6.04 Å². The molecule has 2 aromatic rings. The van der Waals surface area contributed by atoms with Crippen LogP contribution in [0, 0.1) is 0 Å². The first-order valence-corrected chi connectivity index (χ1v) is 7.59. The Labute approximate surface area is 117 Å². The third-order valence-corrected chi connectivity index (χ3v) is 4.68. The largest absolute Gasteiger partial charge is 0.508 e. The van der Waals surface area contributed by atoms with Crippen LogP contribution in [0.5, 0.6) is 5.75 Å². The molecular weight excluding hydrogens is 256 g/mol. The zero-order valence-corrected chi connectivity index (χ0v) is 11.8. The van der Waals surface area contributed by atoms with Crippen molar-refractivity contribution in [3.05, 3.63) is 45.9 Å². The molecule has 2 atom stereocenters. The summed E-state index contributed by atoms with van der Waals surface area (Å²) in [5.74, 6) is 0.356. The maximum Gasteiger partial charge on any atom is 0.115 e. The minimum Gasteiger partial charge on any atom is -0.508 e. The van der Waals surface area contributed by atoms with Gasteiger partial charge in [0.2, 0.25) is 0 Å². The van der Waals surface area contributed by atoms with Gasteiger partial charge in [0.05, 0.1) is 6.04 Å². The number of nitrogens with one attached hydrogen (secondary N) is 1. The Balaban J connectivity index is 1.81. The Kier molecular flexibility index (Phi) is 3.53. The van der Waals surface area contributed by atoms with Crippen molar-refractivity contribution in [1.29, 1.82) is 0 Å². The summed E-state index contributed by atoms with van der Waals surface area (Å²) in [6.07, 6.45) is 5.27. The minimum absolute atomic E-state index is 0.248. The zero-order chi connectivity index (χ0) is 13.2. The lowest BCUT2D eigenvalue weighted by atomic mass is 9.87. The molecule has 0 amide bonds. The van der Waals surface area contributed by atoms with Crippen molar-refractivity contribution in [3.8, 4) is 5.75 Å². The quantitative estimate of drug-likeness (QED) is 0.899. The molecule has 0 radical (unpaired) electrons. The van der Waals surface area contributed by atoms with E-state index in [1.54, 1.807) is 17.4 Å². The lowest BCUT2D eigenvalue weighted by Gasteiger charge is -2.28. The van der Waals surface area contributed by atoms with Gasteiger partial charge in [-0.1, -0.05) is 6.07 Å². The van der Waals surface area contributed by atoms with Gasteiger partial charge >= 0.3 is 0 Å². The fourth-order valence-electron chi connectivity index (χ4n) is 2.78. The highest BCUT2D eigenvalue weighted by Gasteiger charge is 2.22. The summed E-state index contributed by atoms with van der Waals surface area (Å²) >= 11 is 1.68. The van der Waals surface area contributed by atoms with Crippen LogP contribution in [0.2, 0.25) is 0 Å². The van der Waals surface area contributed by atoms with Crippen molar-refractivity contribution in [2.45, 2.75) is 38.3 Å². The Morgan fingerprint density at radius 1 is 1.47 bits per heavy atom. The van der Waals surface area contributed by atoms with Gasteiger partial charge in [0.25, 0.3) is 0 Å². The van der Waals surface area contributed by atoms with Crippen molar-refractivity contribution < 1.29 is 5.11 Å². The summed E-state index contributed by atoms with van der Waals surface area (Å²) in [5, 5.41) is 16.5. The van der Waals surface area contributed by atoms with Gasteiger partial charge in [0.15, 0.2) is 0 Å². The molecule has 1 heterocycles. The molecule has 100 valence electrons. The molecule has 0 bridgehead atoms. The summed E-state index contributed by atoms with van der Waals surface area (Å²) in [5.41, 5.74) is 2.60. The van der Waals surface area contributed by atoms with Crippen LogP contribution in [0.3, 0.4) is 0 Å². The normalized spacial score (nSPS) is 19.9. The summed E-state index contributed by atoms with van der Waals surface area (Å²) in [6.45, 7) is 2.15. The van der Waals surface area contributed by atoms with Crippen LogP contribution in [0.25, 0.3) is 0 Å². The van der Waals surface area contributed by atoms with Crippen molar-refractivity contribution in [2.24, 2.45) is 0 Å². The minimum atomic E-state index is 0.248. The molecule has 0 saturated carbocycles. The second kappa shape index (κ2) is 5.31. The molecule has 3 nitrogen and oxygen atoms in total. The highest BCUT2D eigenvalue weighted by Crippen LogP contribution is 2.33. The Hall–Kier alpha value is -1.39. The van der Waals surface area contributed by atoms with E-state index < -0.39 is 0 Å². The van der Waals surface area contributed by atoms with Crippen LogP contribution in [0.4, 0.5) is 0 Å². The van der Waals surface area contributed by atoms with Crippen LogP contribution in [0.15, 0.2) is 29.8 Å². The molecule has 4 heteroatoms. The number of benzene rings is 1. The number of aromatic hydroxyl groups is 1. The van der Waals surface area contributed by atoms with Gasteiger partial charge < -0.3 is 10.4 Å². The molecule has 1 aromatic heterocycles. The number of phenolic OH excluding ortho intramolecular Hbond substituents is 1. The second-order valence-electron chi connectivity index (χ2n) is 5.09. The van der Waals surface area contributed by atoms with Crippen LogP contribution >= 0.6 is 11.3 Å². The molecule has 2 N–H and O–H groups in total. The molecule has 1 aromatic carbocycles. The lowest BCUT2D eigenvalue weighted by Crippen LogP contribution is -2.27. The second-order valence-corrected chi connectivity index (χ2v) is 6.01. The first kappa shape index (κ1) is 12.6. The number of rotatable bonds is 3. The van der Waals surface area contributed by atoms with Gasteiger partial charge in [-0.05, 0) is 49.4 Å². The summed E-state index contributed by atoms with van der Waals surface area (Å²) < 4.78 is 0. The molecule has 0 fully saturated rings. The van der Waals surface area contributed by atoms with E-state index in [4.69, 9.17) is 0 Å². The number of phenols is 1.